The average molecular weight is 316 g/mol. The molecule has 0 saturated heterocycles. The van der Waals surface area contributed by atoms with Crippen molar-refractivity contribution in [2.24, 2.45) is 0 Å². The number of hydrogen-bond acceptors (Lipinski definition) is 2. The van der Waals surface area contributed by atoms with Gasteiger partial charge in [-0.05, 0) is 23.3 Å². The summed E-state index contributed by atoms with van der Waals surface area (Å²) in [5.74, 6) is -0.257. The highest BCUT2D eigenvalue weighted by Gasteiger charge is 2.06. The number of aliphatic hydroxyl groups is 1. The average Bonchev–Trinajstić information content (AvgIpc) is 2.53. The zero-order valence-corrected chi connectivity index (χ0v) is 12.8. The Bertz CT molecular complexity index is 641. The summed E-state index contributed by atoms with van der Waals surface area (Å²) in [4.78, 5) is 11.7. The van der Waals surface area contributed by atoms with E-state index in [0.717, 1.165) is 11.1 Å². The second kappa shape index (κ2) is 8.37. The summed E-state index contributed by atoms with van der Waals surface area (Å²) in [6, 6.07) is 17.0. The van der Waals surface area contributed by atoms with E-state index in [1.165, 1.54) is 6.08 Å². The van der Waals surface area contributed by atoms with E-state index in [-0.39, 0.29) is 12.5 Å². The lowest BCUT2D eigenvalue weighted by Crippen LogP contribution is -2.32. The molecule has 2 rings (SSSR count). The first-order valence-electron chi connectivity index (χ1n) is 7.07. The van der Waals surface area contributed by atoms with Crippen LogP contribution in [0.4, 0.5) is 0 Å². The second-order valence-corrected chi connectivity index (χ2v) is 5.35. The van der Waals surface area contributed by atoms with Crippen molar-refractivity contribution in [2.75, 3.05) is 6.54 Å². The van der Waals surface area contributed by atoms with Gasteiger partial charge in [0.1, 0.15) is 0 Å². The molecule has 0 aliphatic carbocycles. The SMILES string of the molecule is O=C(C=Cc1ccccc1Cl)NCC(O)Cc1ccccc1. The van der Waals surface area contributed by atoms with Crippen LogP contribution in [-0.4, -0.2) is 23.7 Å². The van der Waals surface area contributed by atoms with Crippen molar-refractivity contribution < 1.29 is 9.90 Å². The first-order valence-corrected chi connectivity index (χ1v) is 7.45. The van der Waals surface area contributed by atoms with Crippen molar-refractivity contribution in [3.8, 4) is 0 Å². The van der Waals surface area contributed by atoms with E-state index in [9.17, 15) is 9.90 Å². The molecule has 0 fully saturated rings. The first kappa shape index (κ1) is 16.3. The Balaban J connectivity index is 1.79. The van der Waals surface area contributed by atoms with E-state index in [0.29, 0.717) is 11.4 Å². The van der Waals surface area contributed by atoms with E-state index in [1.807, 2.05) is 48.5 Å². The molecular weight excluding hydrogens is 298 g/mol. The predicted octanol–water partition coefficient (Wildman–Crippen LogP) is 3.07. The van der Waals surface area contributed by atoms with Gasteiger partial charge in [0.25, 0.3) is 0 Å². The third-order valence-corrected chi connectivity index (χ3v) is 3.49. The molecule has 22 heavy (non-hydrogen) atoms. The molecule has 4 heteroatoms. The van der Waals surface area contributed by atoms with Crippen LogP contribution < -0.4 is 5.32 Å². The van der Waals surface area contributed by atoms with Crippen LogP contribution in [-0.2, 0) is 11.2 Å². The molecule has 0 heterocycles. The zero-order chi connectivity index (χ0) is 15.8. The van der Waals surface area contributed by atoms with Gasteiger partial charge in [-0.15, -0.1) is 0 Å². The molecule has 3 nitrogen and oxygen atoms in total. The third kappa shape index (κ3) is 5.35. The summed E-state index contributed by atoms with van der Waals surface area (Å²) in [6.45, 7) is 0.209. The molecule has 2 N–H and O–H groups in total. The maximum atomic E-state index is 11.7. The Morgan fingerprint density at radius 1 is 1.14 bits per heavy atom. The van der Waals surface area contributed by atoms with E-state index in [1.54, 1.807) is 12.1 Å². The van der Waals surface area contributed by atoms with E-state index in [2.05, 4.69) is 5.32 Å². The van der Waals surface area contributed by atoms with Crippen LogP contribution in [0.1, 0.15) is 11.1 Å². The summed E-state index contributed by atoms with van der Waals surface area (Å²) >= 11 is 6.00. The van der Waals surface area contributed by atoms with Crippen molar-refractivity contribution >= 4 is 23.6 Å². The summed E-state index contributed by atoms with van der Waals surface area (Å²) in [5.41, 5.74) is 1.82. The number of amides is 1. The molecule has 0 aliphatic heterocycles. The molecule has 1 unspecified atom stereocenters. The van der Waals surface area contributed by atoms with Crippen molar-refractivity contribution in [2.45, 2.75) is 12.5 Å². The van der Waals surface area contributed by atoms with Crippen LogP contribution in [0.15, 0.2) is 60.7 Å². The number of hydrogen-bond donors (Lipinski definition) is 2. The molecule has 114 valence electrons. The maximum absolute atomic E-state index is 11.7. The Morgan fingerprint density at radius 3 is 2.55 bits per heavy atom. The molecule has 1 atom stereocenters. The number of halogens is 1. The first-order chi connectivity index (χ1) is 10.6. The highest BCUT2D eigenvalue weighted by molar-refractivity contribution is 6.32. The minimum Gasteiger partial charge on any atom is -0.391 e. The smallest absolute Gasteiger partial charge is 0.244 e. The van der Waals surface area contributed by atoms with Crippen molar-refractivity contribution in [3.63, 3.8) is 0 Å². The fourth-order valence-electron chi connectivity index (χ4n) is 2.01. The molecular formula is C18H18ClNO2. The fourth-order valence-corrected chi connectivity index (χ4v) is 2.21. The molecule has 0 spiro atoms. The topological polar surface area (TPSA) is 49.3 Å². The van der Waals surface area contributed by atoms with Gasteiger partial charge in [0, 0.05) is 24.1 Å². The summed E-state index contributed by atoms with van der Waals surface area (Å²) in [7, 11) is 0. The van der Waals surface area contributed by atoms with Gasteiger partial charge in [0.15, 0.2) is 0 Å². The minimum absolute atomic E-state index is 0.209. The Labute approximate surface area is 135 Å². The number of carbonyl (C=O) groups excluding carboxylic acids is 1. The van der Waals surface area contributed by atoms with Gasteiger partial charge in [-0.1, -0.05) is 60.1 Å². The lowest BCUT2D eigenvalue weighted by molar-refractivity contribution is -0.116. The van der Waals surface area contributed by atoms with Gasteiger partial charge >= 0.3 is 0 Å². The van der Waals surface area contributed by atoms with Crippen molar-refractivity contribution in [1.82, 2.24) is 5.32 Å². The minimum atomic E-state index is -0.611. The largest absolute Gasteiger partial charge is 0.391 e. The molecule has 2 aromatic carbocycles. The van der Waals surface area contributed by atoms with Gasteiger partial charge < -0.3 is 10.4 Å². The highest BCUT2D eigenvalue weighted by atomic mass is 35.5. The summed E-state index contributed by atoms with van der Waals surface area (Å²) in [6.07, 6.45) is 2.97. The van der Waals surface area contributed by atoms with E-state index < -0.39 is 6.10 Å². The molecule has 0 radical (unpaired) electrons. The van der Waals surface area contributed by atoms with E-state index >= 15 is 0 Å². The summed E-state index contributed by atoms with van der Waals surface area (Å²) in [5, 5.41) is 13.2. The molecule has 0 aliphatic rings. The molecule has 0 bridgehead atoms. The van der Waals surface area contributed by atoms with Crippen LogP contribution in [0.25, 0.3) is 6.08 Å². The van der Waals surface area contributed by atoms with Gasteiger partial charge in [0.05, 0.1) is 6.10 Å². The number of rotatable bonds is 6. The fraction of sp³-hybridized carbons (Fsp3) is 0.167. The van der Waals surface area contributed by atoms with Crippen LogP contribution >= 0.6 is 11.6 Å². The van der Waals surface area contributed by atoms with Crippen LogP contribution in [0, 0.1) is 0 Å². The van der Waals surface area contributed by atoms with Crippen LogP contribution in [0.5, 0.6) is 0 Å². The van der Waals surface area contributed by atoms with Crippen molar-refractivity contribution in [1.29, 1.82) is 0 Å². The van der Waals surface area contributed by atoms with Gasteiger partial charge in [-0.2, -0.15) is 0 Å². The quantitative estimate of drug-likeness (QED) is 0.805. The summed E-state index contributed by atoms with van der Waals surface area (Å²) < 4.78 is 0. The monoisotopic (exact) mass is 315 g/mol. The standard InChI is InChI=1S/C18H18ClNO2/c19-17-9-5-4-8-15(17)10-11-18(22)20-13-16(21)12-14-6-2-1-3-7-14/h1-11,16,21H,12-13H2,(H,20,22). The lowest BCUT2D eigenvalue weighted by atomic mass is 10.1. The normalized spacial score (nSPS) is 12.3. The van der Waals surface area contributed by atoms with Crippen LogP contribution in [0.2, 0.25) is 5.02 Å². The number of aliphatic hydroxyl groups excluding tert-OH is 1. The molecule has 2 aromatic rings. The Hall–Kier alpha value is -2.10. The second-order valence-electron chi connectivity index (χ2n) is 4.94. The highest BCUT2D eigenvalue weighted by Crippen LogP contribution is 2.15. The molecule has 0 saturated carbocycles. The Kier molecular flexibility index (Phi) is 6.19. The van der Waals surface area contributed by atoms with Crippen molar-refractivity contribution in [3.05, 3.63) is 76.8 Å². The third-order valence-electron chi connectivity index (χ3n) is 3.15. The van der Waals surface area contributed by atoms with Crippen LogP contribution in [0.3, 0.4) is 0 Å². The lowest BCUT2D eigenvalue weighted by Gasteiger charge is -2.10. The zero-order valence-electron chi connectivity index (χ0n) is 12.1. The van der Waals surface area contributed by atoms with Gasteiger partial charge in [0.2, 0.25) is 5.91 Å². The van der Waals surface area contributed by atoms with Gasteiger partial charge in [-0.25, -0.2) is 0 Å². The number of benzene rings is 2. The maximum Gasteiger partial charge on any atom is 0.244 e. The van der Waals surface area contributed by atoms with E-state index in [4.69, 9.17) is 11.6 Å². The molecule has 0 aromatic heterocycles. The Morgan fingerprint density at radius 2 is 1.82 bits per heavy atom. The number of carbonyl (C=O) groups is 1. The van der Waals surface area contributed by atoms with Gasteiger partial charge in [-0.3, -0.25) is 4.79 Å². The molecule has 1 amide bonds. The predicted molar refractivity (Wildman–Crippen MR) is 89.6 cm³/mol. The number of nitrogens with one attached hydrogen (secondary N) is 1.